The van der Waals surface area contributed by atoms with Gasteiger partial charge in [-0.15, -0.1) is 0 Å². The fourth-order valence-electron chi connectivity index (χ4n) is 0.896. The molecule has 0 spiro atoms. The largest absolute Gasteiger partial charge is 0.264 e. The van der Waals surface area contributed by atoms with Gasteiger partial charge in [0.1, 0.15) is 0 Å². The second-order valence-electron chi connectivity index (χ2n) is 3.00. The van der Waals surface area contributed by atoms with Crippen LogP contribution in [0.2, 0.25) is 0 Å². The maximum Gasteiger partial charge on any atom is 0.0372 e. The predicted octanol–water partition coefficient (Wildman–Crippen LogP) is 3.81. The average Bonchev–Trinajstić information content (AvgIpc) is 2.34. The van der Waals surface area contributed by atoms with Crippen molar-refractivity contribution in [1.29, 1.82) is 0 Å². The van der Waals surface area contributed by atoms with E-state index in [1.807, 2.05) is 64.2 Å². The molecule has 0 aliphatic heterocycles. The van der Waals surface area contributed by atoms with Crippen molar-refractivity contribution in [2.45, 2.75) is 27.7 Å². The van der Waals surface area contributed by atoms with E-state index in [4.69, 9.17) is 0 Å². The lowest BCUT2D eigenvalue weighted by Gasteiger charge is -1.82. The minimum atomic E-state index is 1.07. The number of rotatable bonds is 0. The first-order valence-electron chi connectivity index (χ1n) is 5.53. The Labute approximate surface area is 98.4 Å². The van der Waals surface area contributed by atoms with Gasteiger partial charge in [-0.3, -0.25) is 9.97 Å². The van der Waals surface area contributed by atoms with E-state index in [1.54, 1.807) is 12.4 Å². The summed E-state index contributed by atoms with van der Waals surface area (Å²) in [6, 6.07) is 9.80. The van der Waals surface area contributed by atoms with Gasteiger partial charge in [-0.2, -0.15) is 0 Å². The topological polar surface area (TPSA) is 25.8 Å². The molecule has 2 aromatic heterocycles. The van der Waals surface area contributed by atoms with Crippen molar-refractivity contribution in [2.24, 2.45) is 0 Å². The molecule has 16 heavy (non-hydrogen) atoms. The van der Waals surface area contributed by atoms with Crippen LogP contribution in [0.1, 0.15) is 25.1 Å². The third-order valence-electron chi connectivity index (χ3n) is 1.62. The zero-order valence-corrected chi connectivity index (χ0v) is 10.5. The van der Waals surface area contributed by atoms with Crippen molar-refractivity contribution in [1.82, 2.24) is 9.97 Å². The van der Waals surface area contributed by atoms with Crippen LogP contribution in [0.15, 0.2) is 48.9 Å². The fourth-order valence-corrected chi connectivity index (χ4v) is 0.896. The summed E-state index contributed by atoms with van der Waals surface area (Å²) in [7, 11) is 0. The minimum Gasteiger partial charge on any atom is -0.264 e. The summed E-state index contributed by atoms with van der Waals surface area (Å²) >= 11 is 0. The van der Waals surface area contributed by atoms with E-state index in [0.717, 1.165) is 5.69 Å². The van der Waals surface area contributed by atoms with Gasteiger partial charge < -0.3 is 0 Å². The molecule has 2 heteroatoms. The number of hydrogen-bond donors (Lipinski definition) is 0. The van der Waals surface area contributed by atoms with Gasteiger partial charge in [-0.1, -0.05) is 26.0 Å². The number of aromatic nitrogens is 2. The van der Waals surface area contributed by atoms with Crippen LogP contribution in [-0.4, -0.2) is 9.97 Å². The maximum atomic E-state index is 3.98. The van der Waals surface area contributed by atoms with E-state index in [2.05, 4.69) is 9.97 Å². The summed E-state index contributed by atoms with van der Waals surface area (Å²) in [6.07, 6.45) is 5.39. The van der Waals surface area contributed by atoms with Gasteiger partial charge >= 0.3 is 0 Å². The van der Waals surface area contributed by atoms with Crippen molar-refractivity contribution in [3.63, 3.8) is 0 Å². The molecule has 0 atom stereocenters. The van der Waals surface area contributed by atoms with E-state index in [-0.39, 0.29) is 0 Å². The highest BCUT2D eigenvalue weighted by Gasteiger charge is 1.73. The third-order valence-corrected chi connectivity index (χ3v) is 1.62. The molecule has 0 saturated carbocycles. The van der Waals surface area contributed by atoms with Crippen LogP contribution in [-0.2, 0) is 0 Å². The van der Waals surface area contributed by atoms with Crippen molar-refractivity contribution in [2.75, 3.05) is 0 Å². The van der Waals surface area contributed by atoms with Crippen LogP contribution in [0, 0.1) is 13.8 Å². The lowest BCUT2D eigenvalue weighted by Crippen LogP contribution is -1.72. The molecular formula is C14H20N2. The SMILES string of the molecule is CC.Cc1ccccn1.Cc1cccnc1. The van der Waals surface area contributed by atoms with Crippen LogP contribution in [0.3, 0.4) is 0 Å². The van der Waals surface area contributed by atoms with Gasteiger partial charge in [0, 0.05) is 24.3 Å². The smallest absolute Gasteiger partial charge is 0.0372 e. The van der Waals surface area contributed by atoms with Crippen LogP contribution >= 0.6 is 0 Å². The van der Waals surface area contributed by atoms with E-state index < -0.39 is 0 Å². The maximum absolute atomic E-state index is 3.98. The summed E-state index contributed by atoms with van der Waals surface area (Å²) in [5.74, 6) is 0. The molecule has 2 nitrogen and oxygen atoms in total. The lowest BCUT2D eigenvalue weighted by atomic mass is 10.3. The Morgan fingerprint density at radius 1 is 0.875 bits per heavy atom. The van der Waals surface area contributed by atoms with Gasteiger partial charge in [-0.05, 0) is 37.6 Å². The summed E-state index contributed by atoms with van der Waals surface area (Å²) < 4.78 is 0. The van der Waals surface area contributed by atoms with Crippen LogP contribution in [0.4, 0.5) is 0 Å². The Morgan fingerprint density at radius 2 is 1.62 bits per heavy atom. The lowest BCUT2D eigenvalue weighted by molar-refractivity contribution is 1.20. The number of aryl methyl sites for hydroxylation is 2. The number of pyridine rings is 2. The van der Waals surface area contributed by atoms with Crippen molar-refractivity contribution >= 4 is 0 Å². The van der Waals surface area contributed by atoms with E-state index >= 15 is 0 Å². The molecule has 0 N–H and O–H groups in total. The highest BCUT2D eigenvalue weighted by molar-refractivity contribution is 5.04. The molecule has 0 aromatic carbocycles. The van der Waals surface area contributed by atoms with Gasteiger partial charge in [0.25, 0.3) is 0 Å². The highest BCUT2D eigenvalue weighted by atomic mass is 14.6. The van der Waals surface area contributed by atoms with E-state index in [0.29, 0.717) is 0 Å². The molecule has 0 aliphatic rings. The standard InChI is InChI=1S/2C6H7N.C2H6/c1-6-3-2-4-7-5-6;1-6-4-2-3-5-7-6;1-2/h2*2-5H,1H3;1-2H3. The van der Waals surface area contributed by atoms with Crippen molar-refractivity contribution < 1.29 is 0 Å². The first kappa shape index (κ1) is 14.3. The molecule has 0 unspecified atom stereocenters. The number of nitrogens with zero attached hydrogens (tertiary/aromatic N) is 2. The van der Waals surface area contributed by atoms with Crippen LogP contribution in [0.5, 0.6) is 0 Å². The molecule has 86 valence electrons. The molecule has 0 saturated heterocycles. The van der Waals surface area contributed by atoms with Gasteiger partial charge in [0.05, 0.1) is 0 Å². The minimum absolute atomic E-state index is 1.07. The molecule has 0 aliphatic carbocycles. The Kier molecular flexibility index (Phi) is 8.79. The third kappa shape index (κ3) is 7.68. The fraction of sp³-hybridized carbons (Fsp3) is 0.286. The molecular weight excluding hydrogens is 196 g/mol. The Morgan fingerprint density at radius 3 is 1.88 bits per heavy atom. The molecule has 2 rings (SSSR count). The Hall–Kier alpha value is -1.70. The first-order valence-corrected chi connectivity index (χ1v) is 5.53. The summed E-state index contributed by atoms with van der Waals surface area (Å²) in [6.45, 7) is 7.99. The molecule has 2 heterocycles. The first-order chi connectivity index (χ1) is 7.79. The molecule has 0 fully saturated rings. The Bertz CT molecular complexity index is 306. The Balaban J connectivity index is 0.000000244. The van der Waals surface area contributed by atoms with E-state index in [1.165, 1.54) is 5.56 Å². The monoisotopic (exact) mass is 216 g/mol. The van der Waals surface area contributed by atoms with Gasteiger partial charge in [-0.25, -0.2) is 0 Å². The zero-order chi connectivity index (χ0) is 12.2. The van der Waals surface area contributed by atoms with Crippen molar-refractivity contribution in [3.8, 4) is 0 Å². The summed E-state index contributed by atoms with van der Waals surface area (Å²) in [4.78, 5) is 7.86. The molecule has 2 aromatic rings. The molecule has 0 bridgehead atoms. The second-order valence-corrected chi connectivity index (χ2v) is 3.00. The average molecular weight is 216 g/mol. The summed E-state index contributed by atoms with van der Waals surface area (Å²) in [5, 5.41) is 0. The van der Waals surface area contributed by atoms with Crippen molar-refractivity contribution in [3.05, 3.63) is 60.2 Å². The van der Waals surface area contributed by atoms with Crippen LogP contribution in [0.25, 0.3) is 0 Å². The highest BCUT2D eigenvalue weighted by Crippen LogP contribution is 1.88. The van der Waals surface area contributed by atoms with Gasteiger partial charge in [0.2, 0.25) is 0 Å². The molecule has 0 radical (unpaired) electrons. The van der Waals surface area contributed by atoms with Gasteiger partial charge in [0.15, 0.2) is 0 Å². The van der Waals surface area contributed by atoms with Crippen LogP contribution < -0.4 is 0 Å². The quantitative estimate of drug-likeness (QED) is 0.669. The summed E-state index contributed by atoms with van der Waals surface area (Å²) in [5.41, 5.74) is 2.28. The zero-order valence-electron chi connectivity index (χ0n) is 10.5. The second kappa shape index (κ2) is 9.84. The predicted molar refractivity (Wildman–Crippen MR) is 69.3 cm³/mol. The number of hydrogen-bond acceptors (Lipinski definition) is 2. The normalized spacial score (nSPS) is 8.00. The molecule has 0 amide bonds. The van der Waals surface area contributed by atoms with E-state index in [9.17, 15) is 0 Å².